The van der Waals surface area contributed by atoms with Gasteiger partial charge in [-0.15, -0.1) is 0 Å². The zero-order chi connectivity index (χ0) is 19.9. The number of carbonyl (C=O) groups excluding carboxylic acids is 2. The number of imidazole rings is 1. The lowest BCUT2D eigenvalue weighted by Crippen LogP contribution is -2.28. The second-order valence-electron chi connectivity index (χ2n) is 7.11. The van der Waals surface area contributed by atoms with Crippen LogP contribution in [0.25, 0.3) is 0 Å². The SMILES string of the molecule is CCCCCNC(=O)c1nc(C(=O)NCc2ccc(F)cc2)c2n1CCCC2. The first-order valence-corrected chi connectivity index (χ1v) is 10.0. The van der Waals surface area contributed by atoms with Crippen molar-refractivity contribution in [1.82, 2.24) is 20.2 Å². The Kier molecular flexibility index (Phi) is 6.79. The van der Waals surface area contributed by atoms with Gasteiger partial charge in [-0.25, -0.2) is 9.37 Å². The van der Waals surface area contributed by atoms with Gasteiger partial charge in [0.2, 0.25) is 0 Å². The molecule has 2 heterocycles. The Morgan fingerprint density at radius 2 is 1.89 bits per heavy atom. The minimum atomic E-state index is -0.312. The van der Waals surface area contributed by atoms with E-state index in [1.54, 1.807) is 12.1 Å². The Bertz CT molecular complexity index is 830. The molecule has 1 aliphatic rings. The molecule has 6 nitrogen and oxygen atoms in total. The van der Waals surface area contributed by atoms with Crippen molar-refractivity contribution >= 4 is 11.8 Å². The predicted octanol–water partition coefficient (Wildman–Crippen LogP) is 3.21. The summed E-state index contributed by atoms with van der Waals surface area (Å²) in [5.74, 6) is -0.525. The molecule has 1 aromatic heterocycles. The van der Waals surface area contributed by atoms with E-state index in [1.807, 2.05) is 4.57 Å². The molecule has 0 saturated carbocycles. The van der Waals surface area contributed by atoms with Crippen LogP contribution in [0.4, 0.5) is 4.39 Å². The number of aromatic nitrogens is 2. The number of carbonyl (C=O) groups is 2. The molecule has 0 atom stereocenters. The second-order valence-corrected chi connectivity index (χ2v) is 7.11. The van der Waals surface area contributed by atoms with Crippen molar-refractivity contribution in [3.63, 3.8) is 0 Å². The zero-order valence-electron chi connectivity index (χ0n) is 16.3. The van der Waals surface area contributed by atoms with E-state index in [0.29, 0.717) is 24.6 Å². The van der Waals surface area contributed by atoms with Crippen molar-refractivity contribution in [3.8, 4) is 0 Å². The zero-order valence-corrected chi connectivity index (χ0v) is 16.3. The van der Waals surface area contributed by atoms with Gasteiger partial charge in [0.15, 0.2) is 5.82 Å². The third kappa shape index (κ3) is 4.77. The summed E-state index contributed by atoms with van der Waals surface area (Å²) in [5.41, 5.74) is 1.94. The van der Waals surface area contributed by atoms with E-state index in [9.17, 15) is 14.0 Å². The van der Waals surface area contributed by atoms with Crippen molar-refractivity contribution in [2.45, 2.75) is 58.5 Å². The smallest absolute Gasteiger partial charge is 0.287 e. The van der Waals surface area contributed by atoms with Crippen molar-refractivity contribution < 1.29 is 14.0 Å². The lowest BCUT2D eigenvalue weighted by Gasteiger charge is -2.17. The van der Waals surface area contributed by atoms with Crippen LogP contribution in [-0.2, 0) is 19.5 Å². The lowest BCUT2D eigenvalue weighted by molar-refractivity contribution is 0.0937. The summed E-state index contributed by atoms with van der Waals surface area (Å²) in [4.78, 5) is 29.7. The van der Waals surface area contributed by atoms with Gasteiger partial charge < -0.3 is 15.2 Å². The monoisotopic (exact) mass is 386 g/mol. The fourth-order valence-corrected chi connectivity index (χ4v) is 3.42. The van der Waals surface area contributed by atoms with E-state index in [0.717, 1.165) is 49.8 Å². The molecular formula is C21H27FN4O2. The maximum atomic E-state index is 13.0. The molecule has 0 unspecified atom stereocenters. The van der Waals surface area contributed by atoms with Crippen LogP contribution in [0, 0.1) is 5.82 Å². The quantitative estimate of drug-likeness (QED) is 0.684. The Morgan fingerprint density at radius 1 is 1.11 bits per heavy atom. The lowest BCUT2D eigenvalue weighted by atomic mass is 10.1. The summed E-state index contributed by atoms with van der Waals surface area (Å²) in [6.45, 7) is 3.71. The number of fused-ring (bicyclic) bond motifs is 1. The number of hydrogen-bond donors (Lipinski definition) is 2. The molecule has 150 valence electrons. The summed E-state index contributed by atoms with van der Waals surface area (Å²) in [5, 5.41) is 5.74. The highest BCUT2D eigenvalue weighted by molar-refractivity contribution is 5.97. The van der Waals surface area contributed by atoms with Gasteiger partial charge in [-0.1, -0.05) is 31.9 Å². The highest BCUT2D eigenvalue weighted by Crippen LogP contribution is 2.21. The molecule has 3 rings (SSSR count). The van der Waals surface area contributed by atoms with E-state index >= 15 is 0 Å². The first-order valence-electron chi connectivity index (χ1n) is 10.0. The van der Waals surface area contributed by atoms with E-state index in [2.05, 4.69) is 22.5 Å². The van der Waals surface area contributed by atoms with Crippen molar-refractivity contribution in [1.29, 1.82) is 0 Å². The van der Waals surface area contributed by atoms with E-state index in [-0.39, 0.29) is 24.2 Å². The van der Waals surface area contributed by atoms with Crippen LogP contribution >= 0.6 is 0 Å². The fraction of sp³-hybridized carbons (Fsp3) is 0.476. The average Bonchev–Trinajstić information content (AvgIpc) is 3.10. The summed E-state index contributed by atoms with van der Waals surface area (Å²) >= 11 is 0. The fourth-order valence-electron chi connectivity index (χ4n) is 3.42. The minimum absolute atomic E-state index is 0.225. The molecular weight excluding hydrogens is 359 g/mol. The number of benzene rings is 1. The number of rotatable bonds is 8. The third-order valence-corrected chi connectivity index (χ3v) is 4.97. The van der Waals surface area contributed by atoms with Crippen LogP contribution in [-0.4, -0.2) is 27.9 Å². The molecule has 0 saturated heterocycles. The van der Waals surface area contributed by atoms with Crippen molar-refractivity contribution in [2.75, 3.05) is 6.54 Å². The van der Waals surface area contributed by atoms with Crippen LogP contribution in [0.15, 0.2) is 24.3 Å². The average molecular weight is 386 g/mol. The summed E-state index contributed by atoms with van der Waals surface area (Å²) in [7, 11) is 0. The summed E-state index contributed by atoms with van der Waals surface area (Å²) < 4.78 is 14.9. The minimum Gasteiger partial charge on any atom is -0.349 e. The highest BCUT2D eigenvalue weighted by Gasteiger charge is 2.27. The number of hydrogen-bond acceptors (Lipinski definition) is 3. The molecule has 2 aromatic rings. The number of unbranched alkanes of at least 4 members (excludes halogenated alkanes) is 2. The van der Waals surface area contributed by atoms with Gasteiger partial charge in [-0.05, 0) is 43.4 Å². The van der Waals surface area contributed by atoms with Gasteiger partial charge >= 0.3 is 0 Å². The Hall–Kier alpha value is -2.70. The molecule has 0 radical (unpaired) electrons. The molecule has 2 amide bonds. The van der Waals surface area contributed by atoms with Crippen LogP contribution in [0.3, 0.4) is 0 Å². The van der Waals surface area contributed by atoms with Crippen molar-refractivity contribution in [2.24, 2.45) is 0 Å². The Balaban J connectivity index is 1.71. The van der Waals surface area contributed by atoms with Gasteiger partial charge in [0.1, 0.15) is 11.5 Å². The van der Waals surface area contributed by atoms with Crippen LogP contribution < -0.4 is 10.6 Å². The first kappa shape index (κ1) is 20.0. The molecule has 0 fully saturated rings. The molecule has 28 heavy (non-hydrogen) atoms. The van der Waals surface area contributed by atoms with Gasteiger partial charge in [0.05, 0.1) is 5.69 Å². The molecule has 0 bridgehead atoms. The largest absolute Gasteiger partial charge is 0.349 e. The number of nitrogens with one attached hydrogen (secondary N) is 2. The highest BCUT2D eigenvalue weighted by atomic mass is 19.1. The molecule has 0 spiro atoms. The second kappa shape index (κ2) is 9.48. The van der Waals surface area contributed by atoms with E-state index in [4.69, 9.17) is 0 Å². The van der Waals surface area contributed by atoms with Crippen LogP contribution in [0.1, 0.15) is 71.4 Å². The van der Waals surface area contributed by atoms with Gasteiger partial charge in [-0.3, -0.25) is 9.59 Å². The summed E-state index contributed by atoms with van der Waals surface area (Å²) in [6.07, 6.45) is 5.76. The maximum absolute atomic E-state index is 13.0. The molecule has 2 N–H and O–H groups in total. The first-order chi connectivity index (χ1) is 13.6. The summed E-state index contributed by atoms with van der Waals surface area (Å²) in [6, 6.07) is 5.99. The van der Waals surface area contributed by atoms with E-state index in [1.165, 1.54) is 12.1 Å². The van der Waals surface area contributed by atoms with Gasteiger partial charge in [0, 0.05) is 19.6 Å². The molecule has 7 heteroatoms. The molecule has 0 aliphatic carbocycles. The predicted molar refractivity (Wildman–Crippen MR) is 105 cm³/mol. The van der Waals surface area contributed by atoms with Gasteiger partial charge in [0.25, 0.3) is 11.8 Å². The Labute approximate surface area is 164 Å². The molecule has 1 aliphatic heterocycles. The van der Waals surface area contributed by atoms with Gasteiger partial charge in [-0.2, -0.15) is 0 Å². The number of amides is 2. The number of nitrogens with zero attached hydrogens (tertiary/aromatic N) is 2. The topological polar surface area (TPSA) is 76.0 Å². The van der Waals surface area contributed by atoms with Crippen LogP contribution in [0.2, 0.25) is 0 Å². The molecule has 1 aromatic carbocycles. The van der Waals surface area contributed by atoms with Crippen LogP contribution in [0.5, 0.6) is 0 Å². The normalized spacial score (nSPS) is 13.1. The number of halogens is 1. The maximum Gasteiger partial charge on any atom is 0.287 e. The third-order valence-electron chi connectivity index (χ3n) is 4.97. The Morgan fingerprint density at radius 3 is 2.64 bits per heavy atom. The standard InChI is InChI=1S/C21H27FN4O2/c1-2-3-5-12-23-21(28)19-25-18(17-7-4-6-13-26(17)19)20(27)24-14-15-8-10-16(22)11-9-15/h8-11H,2-7,12-14H2,1H3,(H,23,28)(H,24,27). The van der Waals surface area contributed by atoms with Crippen molar-refractivity contribution in [3.05, 3.63) is 52.9 Å². The van der Waals surface area contributed by atoms with E-state index < -0.39 is 0 Å².